The Kier molecular flexibility index (Phi) is 11.8. The molecule has 2 amide bonds. The summed E-state index contributed by atoms with van der Waals surface area (Å²) >= 11 is 0. The zero-order valence-corrected chi connectivity index (χ0v) is 26.5. The van der Waals surface area contributed by atoms with Crippen LogP contribution in [0.3, 0.4) is 0 Å². The van der Waals surface area contributed by atoms with Crippen molar-refractivity contribution in [2.75, 3.05) is 46.0 Å². The van der Waals surface area contributed by atoms with Gasteiger partial charge in [0.25, 0.3) is 5.91 Å². The lowest BCUT2D eigenvalue weighted by atomic mass is 9.95. The smallest absolute Gasteiger partial charge is 0.460 e. The molecule has 2 fully saturated rings. The summed E-state index contributed by atoms with van der Waals surface area (Å²) in [6.07, 6.45) is 0.693. The van der Waals surface area contributed by atoms with Gasteiger partial charge in [-0.2, -0.15) is 0 Å². The third kappa shape index (κ3) is 10.2. The maximum atomic E-state index is 13.8. The van der Waals surface area contributed by atoms with E-state index in [-0.39, 0.29) is 63.1 Å². The van der Waals surface area contributed by atoms with E-state index >= 15 is 0 Å². The second kappa shape index (κ2) is 15.8. The Labute approximate surface area is 263 Å². The predicted octanol–water partition coefficient (Wildman–Crippen LogP) is 3.49. The molecule has 1 aromatic carbocycles. The lowest BCUT2D eigenvalue weighted by molar-refractivity contribution is -0.158. The van der Waals surface area contributed by atoms with Crippen LogP contribution >= 0.6 is 0 Å². The van der Waals surface area contributed by atoms with Crippen LogP contribution in [0.1, 0.15) is 75.5 Å². The highest BCUT2D eigenvalue weighted by atomic mass is 16.8. The van der Waals surface area contributed by atoms with Crippen molar-refractivity contribution in [1.29, 1.82) is 0 Å². The first-order valence-electron chi connectivity index (χ1n) is 15.5. The van der Waals surface area contributed by atoms with Gasteiger partial charge in [-0.05, 0) is 53.0 Å². The summed E-state index contributed by atoms with van der Waals surface area (Å²) in [6.45, 7) is 9.40. The van der Waals surface area contributed by atoms with Gasteiger partial charge in [-0.25, -0.2) is 14.8 Å². The second-order valence-corrected chi connectivity index (χ2v) is 11.9. The first-order valence-corrected chi connectivity index (χ1v) is 15.5. The molecule has 4 rings (SSSR count). The van der Waals surface area contributed by atoms with Gasteiger partial charge in [0, 0.05) is 49.9 Å². The van der Waals surface area contributed by atoms with E-state index in [2.05, 4.69) is 10.3 Å². The van der Waals surface area contributed by atoms with Crippen molar-refractivity contribution in [3.05, 3.63) is 47.8 Å². The molecule has 1 atom stereocenters. The molecule has 0 bridgehead atoms. The molecular formula is C32H43N5O8. The highest BCUT2D eigenvalue weighted by molar-refractivity contribution is 5.96. The summed E-state index contributed by atoms with van der Waals surface area (Å²) < 4.78 is 15.8. The van der Waals surface area contributed by atoms with Crippen LogP contribution in [0, 0.1) is 0 Å². The van der Waals surface area contributed by atoms with E-state index in [1.165, 1.54) is 5.06 Å². The van der Waals surface area contributed by atoms with Crippen LogP contribution in [0.2, 0.25) is 0 Å². The molecule has 2 aliphatic rings. The van der Waals surface area contributed by atoms with Crippen LogP contribution in [0.15, 0.2) is 36.4 Å². The van der Waals surface area contributed by atoms with Gasteiger partial charge in [-0.15, -0.1) is 5.06 Å². The number of nitrogens with zero attached hydrogens (tertiary/aromatic N) is 4. The maximum absolute atomic E-state index is 13.8. The number of piperazine rings is 1. The summed E-state index contributed by atoms with van der Waals surface area (Å²) in [5.74, 6) is -0.857. The molecule has 244 valence electrons. The maximum Gasteiger partial charge on any atom is 0.527 e. The third-order valence-corrected chi connectivity index (χ3v) is 7.33. The van der Waals surface area contributed by atoms with E-state index in [1.807, 2.05) is 30.3 Å². The zero-order valence-electron chi connectivity index (χ0n) is 26.5. The molecule has 0 unspecified atom stereocenters. The van der Waals surface area contributed by atoms with Crippen LogP contribution in [0.25, 0.3) is 11.4 Å². The van der Waals surface area contributed by atoms with E-state index in [4.69, 9.17) is 24.0 Å². The molecule has 2 aliphatic heterocycles. The highest BCUT2D eigenvalue weighted by Gasteiger charge is 2.32. The minimum Gasteiger partial charge on any atom is -0.460 e. The molecule has 13 heteroatoms. The van der Waals surface area contributed by atoms with E-state index in [1.54, 1.807) is 38.7 Å². The Balaban J connectivity index is 1.53. The van der Waals surface area contributed by atoms with Crippen LogP contribution in [0.5, 0.6) is 0 Å². The molecule has 0 spiro atoms. The van der Waals surface area contributed by atoms with Gasteiger partial charge in [0.15, 0.2) is 5.82 Å². The Morgan fingerprint density at radius 1 is 1.02 bits per heavy atom. The summed E-state index contributed by atoms with van der Waals surface area (Å²) in [6, 6.07) is 10.1. The van der Waals surface area contributed by atoms with E-state index < -0.39 is 29.7 Å². The molecule has 1 N–H and O–H groups in total. The lowest BCUT2D eigenvalue weighted by Crippen LogP contribution is -2.55. The zero-order chi connectivity index (χ0) is 32.4. The minimum absolute atomic E-state index is 0.0302. The Hall–Kier alpha value is -4.10. The topological polar surface area (TPSA) is 149 Å². The minimum atomic E-state index is -1.02. The van der Waals surface area contributed by atoms with Gasteiger partial charge < -0.3 is 29.3 Å². The Morgan fingerprint density at radius 2 is 1.71 bits per heavy atom. The van der Waals surface area contributed by atoms with Gasteiger partial charge >= 0.3 is 12.1 Å². The number of benzene rings is 1. The summed E-state index contributed by atoms with van der Waals surface area (Å²) in [7, 11) is 0. The fourth-order valence-electron chi connectivity index (χ4n) is 5.12. The molecule has 13 nitrogen and oxygen atoms in total. The van der Waals surface area contributed by atoms with E-state index in [0.29, 0.717) is 19.0 Å². The average molecular weight is 626 g/mol. The van der Waals surface area contributed by atoms with Crippen molar-refractivity contribution in [3.63, 3.8) is 0 Å². The quantitative estimate of drug-likeness (QED) is 0.387. The van der Waals surface area contributed by atoms with Crippen molar-refractivity contribution in [1.82, 2.24) is 25.2 Å². The number of hydroxylamine groups is 2. The Morgan fingerprint density at radius 3 is 2.36 bits per heavy atom. The van der Waals surface area contributed by atoms with E-state index in [0.717, 1.165) is 24.1 Å². The fourth-order valence-corrected chi connectivity index (χ4v) is 5.12. The SMILES string of the molecule is CCOC(=O)ON1CCN(C(=O)[C@H](CCC(=O)OC(C)(C)C)NC(=O)c2cc(C3CCOCC3)nc(-c3ccccc3)n2)CC1. The molecule has 0 aliphatic carbocycles. The molecule has 0 radical (unpaired) electrons. The third-order valence-electron chi connectivity index (χ3n) is 7.33. The summed E-state index contributed by atoms with van der Waals surface area (Å²) in [5, 5.41) is 4.28. The van der Waals surface area contributed by atoms with Crippen LogP contribution < -0.4 is 5.32 Å². The van der Waals surface area contributed by atoms with Crippen LogP contribution in [0.4, 0.5) is 4.79 Å². The van der Waals surface area contributed by atoms with Gasteiger partial charge in [-0.1, -0.05) is 30.3 Å². The molecule has 0 saturated carbocycles. The molecule has 3 heterocycles. The van der Waals surface area contributed by atoms with Crippen LogP contribution in [-0.4, -0.2) is 102 Å². The number of aromatic nitrogens is 2. The second-order valence-electron chi connectivity index (χ2n) is 11.9. The van der Waals surface area contributed by atoms with Gasteiger partial charge in [0.05, 0.1) is 19.7 Å². The molecule has 45 heavy (non-hydrogen) atoms. The number of nitrogens with one attached hydrogen (secondary N) is 1. The number of hydrogen-bond acceptors (Lipinski definition) is 11. The first kappa shape index (κ1) is 33.8. The molecule has 2 aromatic rings. The standard InChI is InChI=1S/C32H43N5O8/c1-5-43-31(41)45-37-17-15-36(16-18-37)30(40)24(11-12-27(38)44-32(2,3)4)35-29(39)26-21-25(22-13-19-42-20-14-22)33-28(34-26)23-9-7-6-8-10-23/h6-10,21-22,24H,5,11-20H2,1-4H3,(H,35,39)/t24-/m0/s1. The average Bonchev–Trinajstić information content (AvgIpc) is 3.03. The first-order chi connectivity index (χ1) is 21.5. The fraction of sp³-hybridized carbons (Fsp3) is 0.562. The molecule has 2 saturated heterocycles. The largest absolute Gasteiger partial charge is 0.527 e. The number of esters is 1. The van der Waals surface area contributed by atoms with Gasteiger partial charge in [-0.3, -0.25) is 14.4 Å². The summed E-state index contributed by atoms with van der Waals surface area (Å²) in [4.78, 5) is 67.9. The number of carbonyl (C=O) groups is 4. The van der Waals surface area contributed by atoms with Gasteiger partial charge in [0.2, 0.25) is 5.91 Å². The molecular weight excluding hydrogens is 582 g/mol. The van der Waals surface area contributed by atoms with Crippen molar-refractivity contribution in [2.45, 2.75) is 70.9 Å². The molecule has 1 aromatic heterocycles. The Bertz CT molecular complexity index is 1320. The van der Waals surface area contributed by atoms with Crippen molar-refractivity contribution in [2.24, 2.45) is 0 Å². The van der Waals surface area contributed by atoms with Crippen LogP contribution in [-0.2, 0) is 28.6 Å². The lowest BCUT2D eigenvalue weighted by Gasteiger charge is -2.35. The van der Waals surface area contributed by atoms with Crippen molar-refractivity contribution in [3.8, 4) is 11.4 Å². The predicted molar refractivity (Wildman–Crippen MR) is 163 cm³/mol. The van der Waals surface area contributed by atoms with Crippen molar-refractivity contribution < 1.29 is 38.2 Å². The van der Waals surface area contributed by atoms with Gasteiger partial charge in [0.1, 0.15) is 17.3 Å². The highest BCUT2D eigenvalue weighted by Crippen LogP contribution is 2.28. The monoisotopic (exact) mass is 625 g/mol. The number of ether oxygens (including phenoxy) is 3. The summed E-state index contributed by atoms with van der Waals surface area (Å²) in [5.41, 5.74) is 0.949. The normalized spacial score (nSPS) is 16.8. The van der Waals surface area contributed by atoms with Crippen molar-refractivity contribution >= 4 is 23.9 Å². The van der Waals surface area contributed by atoms with E-state index in [9.17, 15) is 19.2 Å². The number of amides is 2. The number of carbonyl (C=O) groups excluding carboxylic acids is 4. The number of rotatable bonds is 10. The number of hydrogen-bond donors (Lipinski definition) is 1.